The zero-order chi connectivity index (χ0) is 23.8. The SMILES string of the molecule is CC[C@H](C(=O)Nc1ccc2c(c1)sc(=O)n2C(C)C)N(c1ccc(Cl)c(Cl)c1)S(C)(=O)=O. The zero-order valence-corrected chi connectivity index (χ0v) is 21.1. The van der Waals surface area contributed by atoms with E-state index < -0.39 is 22.0 Å². The highest BCUT2D eigenvalue weighted by Gasteiger charge is 2.32. The van der Waals surface area contributed by atoms with Gasteiger partial charge in [-0.05, 0) is 56.7 Å². The van der Waals surface area contributed by atoms with Gasteiger partial charge in [0.25, 0.3) is 0 Å². The van der Waals surface area contributed by atoms with Crippen LogP contribution in [0, 0.1) is 0 Å². The normalized spacial score (nSPS) is 12.8. The maximum Gasteiger partial charge on any atom is 0.308 e. The third-order valence-electron chi connectivity index (χ3n) is 4.88. The van der Waals surface area contributed by atoms with E-state index in [-0.39, 0.29) is 33.1 Å². The quantitative estimate of drug-likeness (QED) is 0.472. The van der Waals surface area contributed by atoms with E-state index in [1.165, 1.54) is 18.2 Å². The fourth-order valence-electron chi connectivity index (χ4n) is 3.51. The number of anilines is 2. The summed E-state index contributed by atoms with van der Waals surface area (Å²) in [5.41, 5.74) is 1.50. The van der Waals surface area contributed by atoms with Crippen LogP contribution in [0.4, 0.5) is 11.4 Å². The second kappa shape index (κ2) is 9.43. The Morgan fingerprint density at radius 1 is 1.16 bits per heavy atom. The molecule has 0 aliphatic heterocycles. The number of fused-ring (bicyclic) bond motifs is 1. The van der Waals surface area contributed by atoms with Crippen molar-refractivity contribution < 1.29 is 13.2 Å². The number of benzene rings is 2. The molecule has 7 nitrogen and oxygen atoms in total. The summed E-state index contributed by atoms with van der Waals surface area (Å²) in [6.45, 7) is 5.58. The molecule has 3 aromatic rings. The van der Waals surface area contributed by atoms with Crippen molar-refractivity contribution in [3.8, 4) is 0 Å². The topological polar surface area (TPSA) is 88.5 Å². The highest BCUT2D eigenvalue weighted by Crippen LogP contribution is 2.31. The monoisotopic (exact) mass is 515 g/mol. The number of halogens is 2. The van der Waals surface area contributed by atoms with Gasteiger partial charge in [-0.15, -0.1) is 0 Å². The van der Waals surface area contributed by atoms with Gasteiger partial charge >= 0.3 is 4.87 Å². The van der Waals surface area contributed by atoms with E-state index >= 15 is 0 Å². The molecule has 0 saturated carbocycles. The number of aromatic nitrogens is 1. The number of carbonyl (C=O) groups excluding carboxylic acids is 1. The molecule has 11 heteroatoms. The minimum atomic E-state index is -3.81. The first-order chi connectivity index (χ1) is 14.9. The van der Waals surface area contributed by atoms with E-state index in [1.54, 1.807) is 29.7 Å². The minimum Gasteiger partial charge on any atom is -0.324 e. The molecule has 32 heavy (non-hydrogen) atoms. The van der Waals surface area contributed by atoms with Crippen molar-refractivity contribution in [3.05, 3.63) is 56.1 Å². The van der Waals surface area contributed by atoms with Gasteiger partial charge < -0.3 is 5.32 Å². The van der Waals surface area contributed by atoms with Crippen LogP contribution in [0.2, 0.25) is 10.0 Å². The van der Waals surface area contributed by atoms with Crippen LogP contribution in [-0.2, 0) is 14.8 Å². The summed E-state index contributed by atoms with van der Waals surface area (Å²) < 4.78 is 28.7. The van der Waals surface area contributed by atoms with Gasteiger partial charge in [-0.3, -0.25) is 18.5 Å². The fraction of sp³-hybridized carbons (Fsp3) is 0.333. The Labute approximate surface area is 200 Å². The molecule has 1 aromatic heterocycles. The lowest BCUT2D eigenvalue weighted by Crippen LogP contribution is -2.47. The van der Waals surface area contributed by atoms with Crippen LogP contribution in [0.15, 0.2) is 41.2 Å². The average Bonchev–Trinajstić information content (AvgIpc) is 3.02. The van der Waals surface area contributed by atoms with Crippen LogP contribution in [0.1, 0.15) is 33.2 Å². The Morgan fingerprint density at radius 3 is 2.41 bits per heavy atom. The molecule has 0 saturated heterocycles. The molecular weight excluding hydrogens is 493 g/mol. The van der Waals surface area contributed by atoms with Gasteiger partial charge in [-0.2, -0.15) is 0 Å². The fourth-order valence-corrected chi connectivity index (χ4v) is 6.06. The van der Waals surface area contributed by atoms with Gasteiger partial charge in [0.05, 0.1) is 32.2 Å². The molecule has 1 N–H and O–H groups in total. The van der Waals surface area contributed by atoms with Crippen molar-refractivity contribution in [1.29, 1.82) is 0 Å². The second-order valence-electron chi connectivity index (χ2n) is 7.58. The second-order valence-corrected chi connectivity index (χ2v) is 11.3. The summed E-state index contributed by atoms with van der Waals surface area (Å²) in [4.78, 5) is 25.3. The number of hydrogen-bond acceptors (Lipinski definition) is 5. The highest BCUT2D eigenvalue weighted by atomic mass is 35.5. The molecule has 0 bridgehead atoms. The standard InChI is InChI=1S/C21H23Cl2N3O4S2/c1-5-17(26(32(4,29)30)14-7-8-15(22)16(23)11-14)20(27)24-13-6-9-18-19(10-13)31-21(28)25(18)12(2)3/h6-12,17H,5H2,1-4H3,(H,24,27)/t17-/m1/s1. The molecule has 0 fully saturated rings. The summed E-state index contributed by atoms with van der Waals surface area (Å²) in [6.07, 6.45) is 1.25. The first-order valence-corrected chi connectivity index (χ1v) is 13.3. The maximum absolute atomic E-state index is 13.1. The van der Waals surface area contributed by atoms with Gasteiger partial charge in [-0.25, -0.2) is 8.42 Å². The summed E-state index contributed by atoms with van der Waals surface area (Å²) in [7, 11) is -3.81. The van der Waals surface area contributed by atoms with E-state index in [4.69, 9.17) is 23.2 Å². The van der Waals surface area contributed by atoms with Gasteiger partial charge in [0, 0.05) is 11.7 Å². The van der Waals surface area contributed by atoms with E-state index in [0.29, 0.717) is 5.69 Å². The highest BCUT2D eigenvalue weighted by molar-refractivity contribution is 7.92. The van der Waals surface area contributed by atoms with E-state index in [9.17, 15) is 18.0 Å². The molecule has 0 aliphatic carbocycles. The predicted octanol–water partition coefficient (Wildman–Crippen LogP) is 5.13. The molecule has 0 radical (unpaired) electrons. The van der Waals surface area contributed by atoms with Crippen LogP contribution in [0.25, 0.3) is 10.2 Å². The lowest BCUT2D eigenvalue weighted by atomic mass is 10.1. The Morgan fingerprint density at radius 2 is 1.84 bits per heavy atom. The third kappa shape index (κ3) is 4.96. The molecule has 1 atom stereocenters. The maximum atomic E-state index is 13.1. The predicted molar refractivity (Wildman–Crippen MR) is 133 cm³/mol. The number of nitrogens with zero attached hydrogens (tertiary/aromatic N) is 2. The van der Waals surface area contributed by atoms with Gasteiger partial charge in [0.1, 0.15) is 6.04 Å². The van der Waals surface area contributed by atoms with E-state index in [2.05, 4.69) is 5.32 Å². The van der Waals surface area contributed by atoms with Crippen molar-refractivity contribution in [2.75, 3.05) is 15.9 Å². The van der Waals surface area contributed by atoms with Crippen molar-refractivity contribution in [1.82, 2.24) is 4.57 Å². The van der Waals surface area contributed by atoms with Crippen LogP contribution in [0.3, 0.4) is 0 Å². The number of hydrogen-bond donors (Lipinski definition) is 1. The van der Waals surface area contributed by atoms with Gasteiger partial charge in [0.2, 0.25) is 15.9 Å². The molecule has 2 aromatic carbocycles. The van der Waals surface area contributed by atoms with Crippen molar-refractivity contribution in [3.63, 3.8) is 0 Å². The summed E-state index contributed by atoms with van der Waals surface area (Å²) >= 11 is 13.1. The zero-order valence-electron chi connectivity index (χ0n) is 17.9. The summed E-state index contributed by atoms with van der Waals surface area (Å²) in [5.74, 6) is -0.501. The number of amides is 1. The average molecular weight is 516 g/mol. The van der Waals surface area contributed by atoms with Gasteiger partial charge in [-0.1, -0.05) is 41.5 Å². The van der Waals surface area contributed by atoms with Crippen LogP contribution in [-0.4, -0.2) is 31.2 Å². The van der Waals surface area contributed by atoms with Crippen molar-refractivity contribution >= 4 is 72.1 Å². The lowest BCUT2D eigenvalue weighted by Gasteiger charge is -2.30. The molecule has 1 heterocycles. The molecule has 1 amide bonds. The molecule has 0 aliphatic rings. The summed E-state index contributed by atoms with van der Waals surface area (Å²) in [6, 6.07) is 8.58. The van der Waals surface area contributed by atoms with Crippen LogP contribution >= 0.6 is 34.5 Å². The van der Waals surface area contributed by atoms with E-state index in [0.717, 1.165) is 32.1 Å². The largest absolute Gasteiger partial charge is 0.324 e. The smallest absolute Gasteiger partial charge is 0.308 e. The molecular formula is C21H23Cl2N3O4S2. The Kier molecular flexibility index (Phi) is 7.24. The number of nitrogens with one attached hydrogen (secondary N) is 1. The molecule has 0 unspecified atom stereocenters. The Bertz CT molecular complexity index is 1330. The number of thiazole rings is 1. The van der Waals surface area contributed by atoms with Crippen molar-refractivity contribution in [2.45, 2.75) is 39.3 Å². The molecule has 3 rings (SSSR count). The van der Waals surface area contributed by atoms with Crippen LogP contribution < -0.4 is 14.5 Å². The Hall–Kier alpha value is -2.07. The Balaban J connectivity index is 1.96. The number of sulfonamides is 1. The lowest BCUT2D eigenvalue weighted by molar-refractivity contribution is -0.117. The van der Waals surface area contributed by atoms with Crippen LogP contribution in [0.5, 0.6) is 0 Å². The first kappa shape index (κ1) is 24.6. The number of rotatable bonds is 7. The molecule has 172 valence electrons. The van der Waals surface area contributed by atoms with Crippen molar-refractivity contribution in [2.24, 2.45) is 0 Å². The molecule has 0 spiro atoms. The minimum absolute atomic E-state index is 0.00989. The first-order valence-electron chi connectivity index (χ1n) is 9.84. The summed E-state index contributed by atoms with van der Waals surface area (Å²) in [5, 5.41) is 3.25. The third-order valence-corrected chi connectivity index (χ3v) is 7.72. The van der Waals surface area contributed by atoms with E-state index in [1.807, 2.05) is 13.8 Å². The number of carbonyl (C=O) groups is 1. The van der Waals surface area contributed by atoms with Gasteiger partial charge in [0.15, 0.2) is 0 Å².